The maximum atomic E-state index is 6.15. The molecule has 0 saturated heterocycles. The van der Waals surface area contributed by atoms with E-state index in [1.807, 2.05) is 30.4 Å². The van der Waals surface area contributed by atoms with E-state index in [0.717, 1.165) is 32.1 Å². The van der Waals surface area contributed by atoms with Gasteiger partial charge in [-0.05, 0) is 32.1 Å². The molecule has 0 radical (unpaired) electrons. The van der Waals surface area contributed by atoms with Gasteiger partial charge in [0.25, 0.3) is 0 Å². The van der Waals surface area contributed by atoms with E-state index in [9.17, 15) is 0 Å². The van der Waals surface area contributed by atoms with Gasteiger partial charge in [-0.1, -0.05) is 48.5 Å². The highest BCUT2D eigenvalue weighted by Crippen LogP contribution is 2.28. The smallest absolute Gasteiger partial charge is 0.374 e. The van der Waals surface area contributed by atoms with E-state index >= 15 is 0 Å². The zero-order chi connectivity index (χ0) is 18.5. The van der Waals surface area contributed by atoms with Gasteiger partial charge in [0.15, 0.2) is 0 Å². The normalized spacial score (nSPS) is 18.0. The molecule has 3 nitrogen and oxygen atoms in total. The molecule has 0 aliphatic rings. The Balaban J connectivity index is 4.80. The third kappa shape index (κ3) is 11.6. The SMILES string of the molecule is CCC(S)OB(OC(CC)SC(C)CC)OC(CC)SC(C)CC. The van der Waals surface area contributed by atoms with Gasteiger partial charge in [0.2, 0.25) is 0 Å². The molecule has 0 saturated carbocycles. The third-order valence-corrected chi connectivity index (χ3v) is 7.31. The summed E-state index contributed by atoms with van der Waals surface area (Å²) in [5.41, 5.74) is -0.0194. The van der Waals surface area contributed by atoms with E-state index in [1.165, 1.54) is 0 Å². The molecule has 0 amide bonds. The monoisotopic (exact) mass is 396 g/mol. The lowest BCUT2D eigenvalue weighted by atomic mass is 10.2. The van der Waals surface area contributed by atoms with Gasteiger partial charge in [0, 0.05) is 10.5 Å². The second-order valence-electron chi connectivity index (χ2n) is 5.95. The molecule has 0 heterocycles. The molecule has 24 heavy (non-hydrogen) atoms. The molecule has 144 valence electrons. The van der Waals surface area contributed by atoms with Crippen LogP contribution < -0.4 is 0 Å². The van der Waals surface area contributed by atoms with Crippen molar-refractivity contribution in [3.05, 3.63) is 0 Å². The summed E-state index contributed by atoms with van der Waals surface area (Å²) in [6, 6.07) is 0. The fourth-order valence-electron chi connectivity index (χ4n) is 1.73. The Kier molecular flexibility index (Phi) is 15.7. The fraction of sp³-hybridized carbons (Fsp3) is 1.00. The standard InChI is InChI=1S/C17H37BO3S3/c1-8-13(6)23-16(11-4)20-18(19-15(22)10-3)21-17(12-5)24-14(7)9-2/h13-17,22H,8-12H2,1-7H3. The molecule has 5 atom stereocenters. The Labute approximate surface area is 164 Å². The average Bonchev–Trinajstić information content (AvgIpc) is 2.59. The first kappa shape index (κ1) is 25.0. The van der Waals surface area contributed by atoms with E-state index in [0.29, 0.717) is 10.5 Å². The third-order valence-electron chi connectivity index (χ3n) is 3.73. The van der Waals surface area contributed by atoms with Gasteiger partial charge in [0.05, 0.1) is 16.3 Å². The second kappa shape index (κ2) is 15.1. The first-order chi connectivity index (χ1) is 11.4. The van der Waals surface area contributed by atoms with Crippen LogP contribution in [0.1, 0.15) is 80.6 Å². The Hall–Kier alpha value is 0.995. The van der Waals surface area contributed by atoms with Gasteiger partial charge >= 0.3 is 7.32 Å². The molecule has 0 aromatic heterocycles. The van der Waals surface area contributed by atoms with E-state index in [1.54, 1.807) is 0 Å². The fourth-order valence-corrected chi connectivity index (χ4v) is 3.94. The highest BCUT2D eigenvalue weighted by molar-refractivity contribution is 8.00. The number of thiol groups is 1. The number of hydrogen-bond acceptors (Lipinski definition) is 6. The molecule has 0 bridgehead atoms. The number of rotatable bonds is 15. The predicted octanol–water partition coefficient (Wildman–Crippen LogP) is 6.22. The molecule has 0 aliphatic heterocycles. The summed E-state index contributed by atoms with van der Waals surface area (Å²) >= 11 is 8.15. The average molecular weight is 396 g/mol. The molecule has 0 aliphatic carbocycles. The zero-order valence-electron chi connectivity index (χ0n) is 16.5. The van der Waals surface area contributed by atoms with Gasteiger partial charge in [0.1, 0.15) is 0 Å². The molecule has 0 N–H and O–H groups in total. The van der Waals surface area contributed by atoms with E-state index in [4.69, 9.17) is 14.0 Å². The maximum absolute atomic E-state index is 6.15. The van der Waals surface area contributed by atoms with Crippen LogP contribution >= 0.6 is 36.2 Å². The molecule has 0 aromatic carbocycles. The van der Waals surface area contributed by atoms with E-state index < -0.39 is 7.32 Å². The summed E-state index contributed by atoms with van der Waals surface area (Å²) in [5, 5.41) is 1.12. The van der Waals surface area contributed by atoms with Crippen molar-refractivity contribution in [3.8, 4) is 0 Å². The summed E-state index contributed by atoms with van der Waals surface area (Å²) in [6.07, 6.45) is 4.93. The molecule has 7 heteroatoms. The summed E-state index contributed by atoms with van der Waals surface area (Å²) in [5.74, 6) is 0. The van der Waals surface area contributed by atoms with Crippen LogP contribution in [0.3, 0.4) is 0 Å². The lowest BCUT2D eigenvalue weighted by molar-refractivity contribution is 0.0668. The van der Waals surface area contributed by atoms with Gasteiger partial charge in [-0.3, -0.25) is 0 Å². The van der Waals surface area contributed by atoms with E-state index in [2.05, 4.69) is 54.2 Å². The van der Waals surface area contributed by atoms with Gasteiger partial charge in [-0.2, -0.15) is 0 Å². The molecule has 0 rings (SSSR count). The van der Waals surface area contributed by atoms with Crippen molar-refractivity contribution in [2.24, 2.45) is 0 Å². The number of thioether (sulfide) groups is 2. The van der Waals surface area contributed by atoms with Crippen molar-refractivity contribution in [2.75, 3.05) is 0 Å². The van der Waals surface area contributed by atoms with Crippen molar-refractivity contribution < 1.29 is 14.0 Å². The quantitative estimate of drug-likeness (QED) is 0.201. The number of hydrogen-bond donors (Lipinski definition) is 1. The minimum atomic E-state index is -0.657. The van der Waals surface area contributed by atoms with Gasteiger partial charge < -0.3 is 14.0 Å². The van der Waals surface area contributed by atoms with Crippen molar-refractivity contribution >= 4 is 43.5 Å². The molecule has 0 spiro atoms. The Morgan fingerprint density at radius 3 is 1.42 bits per heavy atom. The van der Waals surface area contributed by atoms with Crippen molar-refractivity contribution in [1.82, 2.24) is 0 Å². The molecule has 0 aromatic rings. The second-order valence-corrected chi connectivity index (χ2v) is 9.73. The minimum Gasteiger partial charge on any atom is -0.374 e. The molecule has 0 fully saturated rings. The Morgan fingerprint density at radius 1 is 0.708 bits per heavy atom. The summed E-state index contributed by atoms with van der Waals surface area (Å²) < 4.78 is 18.2. The topological polar surface area (TPSA) is 27.7 Å². The summed E-state index contributed by atoms with van der Waals surface area (Å²) in [6.45, 7) is 15.2. The van der Waals surface area contributed by atoms with Crippen LogP contribution in [0.15, 0.2) is 0 Å². The van der Waals surface area contributed by atoms with Crippen molar-refractivity contribution in [1.29, 1.82) is 0 Å². The lowest BCUT2D eigenvalue weighted by Crippen LogP contribution is -2.36. The van der Waals surface area contributed by atoms with Crippen LogP contribution in [0, 0.1) is 0 Å². The summed E-state index contributed by atoms with van der Waals surface area (Å²) in [4.78, 5) is 0. The van der Waals surface area contributed by atoms with Crippen LogP contribution in [0.25, 0.3) is 0 Å². The van der Waals surface area contributed by atoms with E-state index in [-0.39, 0.29) is 16.3 Å². The molecular weight excluding hydrogens is 359 g/mol. The Morgan fingerprint density at radius 2 is 1.12 bits per heavy atom. The first-order valence-corrected chi connectivity index (χ1v) is 11.7. The van der Waals surface area contributed by atoms with Crippen LogP contribution in [0.5, 0.6) is 0 Å². The van der Waals surface area contributed by atoms with Gasteiger partial charge in [-0.25, -0.2) is 0 Å². The van der Waals surface area contributed by atoms with Crippen molar-refractivity contribution in [3.63, 3.8) is 0 Å². The van der Waals surface area contributed by atoms with Crippen LogP contribution in [-0.2, 0) is 14.0 Å². The maximum Gasteiger partial charge on any atom is 0.641 e. The lowest BCUT2D eigenvalue weighted by Gasteiger charge is -2.27. The first-order valence-electron chi connectivity index (χ1n) is 9.35. The van der Waals surface area contributed by atoms with Crippen LogP contribution in [0.4, 0.5) is 0 Å². The van der Waals surface area contributed by atoms with Gasteiger partial charge in [-0.15, -0.1) is 36.2 Å². The zero-order valence-corrected chi connectivity index (χ0v) is 19.0. The summed E-state index contributed by atoms with van der Waals surface area (Å²) in [7, 11) is -0.657. The molecule has 5 unspecified atom stereocenters. The highest BCUT2D eigenvalue weighted by Gasteiger charge is 2.31. The van der Waals surface area contributed by atoms with Crippen LogP contribution in [0.2, 0.25) is 0 Å². The highest BCUT2D eigenvalue weighted by atomic mass is 32.2. The van der Waals surface area contributed by atoms with Crippen LogP contribution in [-0.4, -0.2) is 34.1 Å². The largest absolute Gasteiger partial charge is 0.641 e. The Bertz CT molecular complexity index is 278. The minimum absolute atomic E-state index is 0.0773. The predicted molar refractivity (Wildman–Crippen MR) is 115 cm³/mol. The van der Waals surface area contributed by atoms with Crippen molar-refractivity contribution in [2.45, 2.75) is 107 Å². The molecular formula is C17H37BO3S3.